The Morgan fingerprint density at radius 2 is 1.51 bits per heavy atom. The molecule has 2 amide bonds. The van der Waals surface area contributed by atoms with Gasteiger partial charge in [-0.1, -0.05) is 61.8 Å². The Bertz CT molecular complexity index is 2110. The third-order valence-corrected chi connectivity index (χ3v) is 13.2. The maximum absolute atomic E-state index is 15.3. The number of rotatable bonds is 10. The zero-order valence-electron chi connectivity index (χ0n) is 34.0. The van der Waals surface area contributed by atoms with Gasteiger partial charge in [0.15, 0.2) is 0 Å². The van der Waals surface area contributed by atoms with Crippen molar-refractivity contribution >= 4 is 29.2 Å². The maximum atomic E-state index is 15.3. The minimum Gasteiger partial charge on any atom is -0.387 e. The largest absolute Gasteiger partial charge is 0.387 e. The number of likely N-dealkylation sites (tertiary alicyclic amines) is 1. The molecule has 4 aromatic rings. The van der Waals surface area contributed by atoms with Gasteiger partial charge in [-0.3, -0.25) is 14.5 Å². The van der Waals surface area contributed by atoms with Gasteiger partial charge >= 0.3 is 0 Å². The molecule has 0 unspecified atom stereocenters. The molecule has 312 valence electrons. The Kier molecular flexibility index (Phi) is 12.6. The van der Waals surface area contributed by atoms with Crippen LogP contribution in [0.3, 0.4) is 0 Å². The molecule has 3 saturated heterocycles. The second-order valence-corrected chi connectivity index (χ2v) is 17.2. The number of benzene rings is 3. The lowest BCUT2D eigenvalue weighted by Crippen LogP contribution is -2.52. The summed E-state index contributed by atoms with van der Waals surface area (Å²) in [6.45, 7) is 12.1. The number of amides is 2. The first-order valence-corrected chi connectivity index (χ1v) is 21.6. The smallest absolute Gasteiger partial charge is 0.259 e. The number of hydrogen-bond donors (Lipinski definition) is 1. The first-order valence-electron chi connectivity index (χ1n) is 21.2. The van der Waals surface area contributed by atoms with Crippen LogP contribution >= 0.6 is 11.6 Å². The van der Waals surface area contributed by atoms with E-state index in [0.717, 1.165) is 72.7 Å². The highest BCUT2D eigenvalue weighted by Gasteiger charge is 2.36. The van der Waals surface area contributed by atoms with Crippen LogP contribution in [0.25, 0.3) is 11.1 Å². The van der Waals surface area contributed by atoms with Crippen molar-refractivity contribution in [3.63, 3.8) is 0 Å². The molecule has 1 aliphatic carbocycles. The van der Waals surface area contributed by atoms with Crippen molar-refractivity contribution in [3.8, 4) is 11.1 Å². The lowest BCUT2D eigenvalue weighted by Gasteiger charge is -2.40. The topological polar surface area (TPSA) is 96.4 Å². The fourth-order valence-corrected chi connectivity index (χ4v) is 9.64. The number of carbonyl (C=O) groups excluding carboxylic acids is 2. The monoisotopic (exact) mass is 825 g/mol. The molecule has 0 bridgehead atoms. The van der Waals surface area contributed by atoms with Crippen LogP contribution in [-0.4, -0.2) is 125 Å². The second kappa shape index (κ2) is 18.0. The fourth-order valence-electron chi connectivity index (χ4n) is 9.52. The van der Waals surface area contributed by atoms with Gasteiger partial charge in [0.25, 0.3) is 5.91 Å². The average molecular weight is 826 g/mol. The van der Waals surface area contributed by atoms with E-state index in [1.54, 1.807) is 4.90 Å². The number of aryl methyl sites for hydroxylation is 1. The van der Waals surface area contributed by atoms with E-state index in [4.69, 9.17) is 11.6 Å². The van der Waals surface area contributed by atoms with Gasteiger partial charge in [-0.2, -0.15) is 0 Å². The summed E-state index contributed by atoms with van der Waals surface area (Å²) < 4.78 is 30.6. The molecule has 3 atom stereocenters. The molecule has 10 nitrogen and oxygen atoms in total. The molecule has 3 aliphatic heterocycles. The summed E-state index contributed by atoms with van der Waals surface area (Å²) in [6.07, 6.45) is 4.44. The molecular weight excluding hydrogens is 772 g/mol. The Balaban J connectivity index is 0.832. The minimum absolute atomic E-state index is 0.121. The molecule has 4 aliphatic rings. The third-order valence-electron chi connectivity index (χ3n) is 13.0. The van der Waals surface area contributed by atoms with Crippen LogP contribution in [0.1, 0.15) is 83.8 Å². The Morgan fingerprint density at radius 1 is 0.831 bits per heavy atom. The van der Waals surface area contributed by atoms with Gasteiger partial charge in [0.2, 0.25) is 5.91 Å². The van der Waals surface area contributed by atoms with Crippen LogP contribution < -0.4 is 4.90 Å². The summed E-state index contributed by atoms with van der Waals surface area (Å²) in [5.41, 5.74) is 4.45. The van der Waals surface area contributed by atoms with Crippen molar-refractivity contribution in [2.75, 3.05) is 83.4 Å². The number of halogens is 3. The Morgan fingerprint density at radius 3 is 2.19 bits per heavy atom. The van der Waals surface area contributed by atoms with E-state index in [0.29, 0.717) is 81.8 Å². The molecular formula is C46H54ClF2N7O3. The van der Waals surface area contributed by atoms with E-state index in [9.17, 15) is 14.7 Å². The molecule has 1 N–H and O–H groups in total. The van der Waals surface area contributed by atoms with Crippen molar-refractivity contribution in [1.29, 1.82) is 0 Å². The molecule has 8 rings (SSSR count). The molecule has 13 heteroatoms. The van der Waals surface area contributed by atoms with Gasteiger partial charge in [-0.25, -0.2) is 18.7 Å². The predicted octanol–water partition coefficient (Wildman–Crippen LogP) is 6.78. The molecule has 3 fully saturated rings. The summed E-state index contributed by atoms with van der Waals surface area (Å²) in [5.74, 6) is -0.930. The van der Waals surface area contributed by atoms with E-state index < -0.39 is 29.2 Å². The van der Waals surface area contributed by atoms with Gasteiger partial charge in [0.05, 0.1) is 17.7 Å². The number of piperidine rings is 1. The number of piperazine rings is 2. The van der Waals surface area contributed by atoms with Gasteiger partial charge in [-0.05, 0) is 97.1 Å². The summed E-state index contributed by atoms with van der Waals surface area (Å²) in [5, 5.41) is 11.1. The van der Waals surface area contributed by atoms with Crippen molar-refractivity contribution in [1.82, 2.24) is 29.6 Å². The standard InChI is InChI=1S/C46H54ClF2N7O3/c1-3-31-5-4-6-34(24-31)35-25-38(48)42(39(49)26-35)46(59)56-17-15-53(16-18-56)27-32-11-13-52(14-12-32)28-37(33-7-9-36(47)10-8-33)45(58)55-21-19-54(20-22-55)44-41-30(2)23-40(57)43(41)50-29-51-44/h4-10,24-26,29-30,32,37,40,57H,3,11-23,27-28H2,1-2H3/t30-,37+,40-/m1/s1. The van der Waals surface area contributed by atoms with E-state index in [-0.39, 0.29) is 17.7 Å². The van der Waals surface area contributed by atoms with E-state index in [1.165, 1.54) is 18.5 Å². The van der Waals surface area contributed by atoms with Crippen LogP contribution in [0.15, 0.2) is 67.0 Å². The normalized spacial score (nSPS) is 21.2. The highest BCUT2D eigenvalue weighted by molar-refractivity contribution is 6.30. The number of hydrogen-bond acceptors (Lipinski definition) is 8. The number of carbonyl (C=O) groups is 2. The van der Waals surface area contributed by atoms with Crippen molar-refractivity contribution in [3.05, 3.63) is 112 Å². The number of aliphatic hydroxyl groups is 1. The highest BCUT2D eigenvalue weighted by atomic mass is 35.5. The molecule has 0 spiro atoms. The Labute approximate surface area is 350 Å². The van der Waals surface area contributed by atoms with Crippen LogP contribution in [0.4, 0.5) is 14.6 Å². The average Bonchev–Trinajstić information content (AvgIpc) is 3.56. The second-order valence-electron chi connectivity index (χ2n) is 16.8. The SMILES string of the molecule is CCc1cccc(-c2cc(F)c(C(=O)N3CCN(CC4CCN(C[C@H](C(=O)N5CCN(c6ncnc7c6[C@H](C)C[C@H]7O)CC5)c5ccc(Cl)cc5)CC4)CC3)c(F)c2)c1. The van der Waals surface area contributed by atoms with Gasteiger partial charge in [0, 0.05) is 76.0 Å². The summed E-state index contributed by atoms with van der Waals surface area (Å²) in [6, 6.07) is 17.8. The number of nitrogens with zero attached hydrogens (tertiary/aromatic N) is 7. The zero-order chi connectivity index (χ0) is 41.2. The van der Waals surface area contributed by atoms with Crippen molar-refractivity contribution in [2.45, 2.75) is 57.5 Å². The number of fused-ring (bicyclic) bond motifs is 1. The molecule has 1 aromatic heterocycles. The van der Waals surface area contributed by atoms with Crippen LogP contribution in [0.2, 0.25) is 5.02 Å². The number of anilines is 1. The van der Waals surface area contributed by atoms with E-state index >= 15 is 8.78 Å². The predicted molar refractivity (Wildman–Crippen MR) is 226 cm³/mol. The number of aromatic nitrogens is 2. The highest BCUT2D eigenvalue weighted by Crippen LogP contribution is 2.43. The quantitative estimate of drug-likeness (QED) is 0.187. The minimum atomic E-state index is -0.832. The third kappa shape index (κ3) is 9.01. The van der Waals surface area contributed by atoms with Crippen molar-refractivity contribution in [2.24, 2.45) is 5.92 Å². The lowest BCUT2D eigenvalue weighted by atomic mass is 9.92. The van der Waals surface area contributed by atoms with Crippen molar-refractivity contribution < 1.29 is 23.5 Å². The zero-order valence-corrected chi connectivity index (χ0v) is 34.8. The van der Waals surface area contributed by atoms with Gasteiger partial charge in [0.1, 0.15) is 29.3 Å². The first-order chi connectivity index (χ1) is 28.6. The molecule has 4 heterocycles. The molecule has 59 heavy (non-hydrogen) atoms. The molecule has 0 saturated carbocycles. The van der Waals surface area contributed by atoms with E-state index in [1.807, 2.05) is 60.4 Å². The molecule has 0 radical (unpaired) electrons. The first kappa shape index (κ1) is 41.3. The van der Waals surface area contributed by atoms with Gasteiger partial charge in [-0.15, -0.1) is 0 Å². The van der Waals surface area contributed by atoms with Crippen LogP contribution in [-0.2, 0) is 11.2 Å². The van der Waals surface area contributed by atoms with Crippen LogP contribution in [0, 0.1) is 17.6 Å². The summed E-state index contributed by atoms with van der Waals surface area (Å²) >= 11 is 6.27. The van der Waals surface area contributed by atoms with Gasteiger partial charge < -0.3 is 24.7 Å². The maximum Gasteiger partial charge on any atom is 0.259 e. The van der Waals surface area contributed by atoms with Crippen LogP contribution in [0.5, 0.6) is 0 Å². The van der Waals surface area contributed by atoms with E-state index in [2.05, 4.69) is 31.6 Å². The Hall–Kier alpha value is -4.49. The molecule has 3 aromatic carbocycles. The lowest BCUT2D eigenvalue weighted by molar-refractivity contribution is -0.133. The fraction of sp³-hybridized carbons (Fsp3) is 0.478. The summed E-state index contributed by atoms with van der Waals surface area (Å²) in [7, 11) is 0. The summed E-state index contributed by atoms with van der Waals surface area (Å²) in [4.78, 5) is 47.2. The number of aliphatic hydroxyl groups excluding tert-OH is 1.